The zero-order valence-corrected chi connectivity index (χ0v) is 15.9. The van der Waals surface area contributed by atoms with E-state index in [-0.39, 0.29) is 25.8 Å². The largest absolute Gasteiger partial charge is 0.0764 e. The molecule has 2 aliphatic carbocycles. The Morgan fingerprint density at radius 3 is 2.52 bits per heavy atom. The van der Waals surface area contributed by atoms with E-state index in [2.05, 4.69) is 54.6 Å². The molecule has 0 saturated carbocycles. The molecule has 0 bridgehead atoms. The molecule has 0 aromatic heterocycles. The number of benzene rings is 2. The fourth-order valence-electron chi connectivity index (χ4n) is 3.67. The standard InChI is InChI=1S/C20H20.Hf/c1-2-5-15(6-3-1)9-10-16-11-12-19-13-17-7-4-8-18(17)14-20(16)19;/h1-3,5-6,11-14,16H,4,7-10H2;. The van der Waals surface area contributed by atoms with Crippen LogP contribution in [0, 0.1) is 0 Å². The first kappa shape index (κ1) is 15.0. The fraction of sp³-hybridized carbons (Fsp3) is 0.300. The zero-order valence-electron chi connectivity index (χ0n) is 12.3. The van der Waals surface area contributed by atoms with Gasteiger partial charge in [-0.05, 0) is 59.9 Å². The third-order valence-corrected chi connectivity index (χ3v) is 4.79. The van der Waals surface area contributed by atoms with Gasteiger partial charge in [0, 0.05) is 31.8 Å². The van der Waals surface area contributed by atoms with Crippen LogP contribution >= 0.6 is 0 Å². The van der Waals surface area contributed by atoms with Crippen molar-refractivity contribution in [2.75, 3.05) is 0 Å². The molecule has 0 nitrogen and oxygen atoms in total. The van der Waals surface area contributed by atoms with Crippen LogP contribution in [0.15, 0.2) is 48.5 Å². The molecule has 0 heterocycles. The van der Waals surface area contributed by atoms with E-state index in [0.717, 1.165) is 0 Å². The minimum Gasteiger partial charge on any atom is -0.0764 e. The second kappa shape index (κ2) is 6.44. The predicted octanol–water partition coefficient (Wildman–Crippen LogP) is 4.92. The van der Waals surface area contributed by atoms with Crippen molar-refractivity contribution in [3.63, 3.8) is 0 Å². The van der Waals surface area contributed by atoms with Crippen molar-refractivity contribution in [3.8, 4) is 0 Å². The van der Waals surface area contributed by atoms with E-state index in [4.69, 9.17) is 0 Å². The van der Waals surface area contributed by atoms with Crippen molar-refractivity contribution >= 4 is 6.08 Å². The van der Waals surface area contributed by atoms with Crippen molar-refractivity contribution < 1.29 is 25.8 Å². The van der Waals surface area contributed by atoms with Gasteiger partial charge in [0.1, 0.15) is 0 Å². The van der Waals surface area contributed by atoms with Gasteiger partial charge >= 0.3 is 0 Å². The van der Waals surface area contributed by atoms with E-state index in [1.165, 1.54) is 43.2 Å². The van der Waals surface area contributed by atoms with Crippen molar-refractivity contribution in [1.29, 1.82) is 0 Å². The van der Waals surface area contributed by atoms with Crippen LogP contribution in [0.1, 0.15) is 46.6 Å². The smallest absolute Gasteiger partial charge is 0.00305 e. The molecule has 1 unspecified atom stereocenters. The number of rotatable bonds is 3. The maximum atomic E-state index is 2.49. The molecule has 0 saturated heterocycles. The Labute approximate surface area is 146 Å². The number of allylic oxidation sites excluding steroid dienone is 1. The molecule has 4 rings (SSSR count). The van der Waals surface area contributed by atoms with Gasteiger partial charge in [0.15, 0.2) is 0 Å². The molecule has 21 heavy (non-hydrogen) atoms. The quantitative estimate of drug-likeness (QED) is 0.597. The summed E-state index contributed by atoms with van der Waals surface area (Å²) in [4.78, 5) is 0. The van der Waals surface area contributed by atoms with Crippen LogP contribution in [-0.2, 0) is 45.1 Å². The van der Waals surface area contributed by atoms with Gasteiger partial charge < -0.3 is 0 Å². The third kappa shape index (κ3) is 2.99. The first-order chi connectivity index (χ1) is 9.90. The van der Waals surface area contributed by atoms with E-state index < -0.39 is 0 Å². The Kier molecular flexibility index (Phi) is 4.59. The molecule has 0 amide bonds. The minimum atomic E-state index is 0. The van der Waals surface area contributed by atoms with Crippen LogP contribution in [-0.4, -0.2) is 0 Å². The molecule has 1 atom stereocenters. The Morgan fingerprint density at radius 2 is 1.71 bits per heavy atom. The molecule has 0 radical (unpaired) electrons. The second-order valence-electron chi connectivity index (χ2n) is 6.09. The van der Waals surface area contributed by atoms with Crippen molar-refractivity contribution in [3.05, 3.63) is 76.4 Å². The maximum absolute atomic E-state index is 2.49. The van der Waals surface area contributed by atoms with Gasteiger partial charge in [0.25, 0.3) is 0 Å². The molecular formula is C20H20Hf. The topological polar surface area (TPSA) is 0 Å². The number of hydrogen-bond acceptors (Lipinski definition) is 0. The van der Waals surface area contributed by atoms with Gasteiger partial charge in [-0.25, -0.2) is 0 Å². The van der Waals surface area contributed by atoms with Crippen LogP contribution in [0.3, 0.4) is 0 Å². The molecule has 1 heteroatoms. The molecule has 0 spiro atoms. The Morgan fingerprint density at radius 1 is 0.952 bits per heavy atom. The number of aryl methyl sites for hydroxylation is 3. The monoisotopic (exact) mass is 440 g/mol. The van der Waals surface area contributed by atoms with Crippen LogP contribution < -0.4 is 0 Å². The first-order valence-electron chi connectivity index (χ1n) is 7.78. The molecule has 0 fully saturated rings. The van der Waals surface area contributed by atoms with E-state index in [0.29, 0.717) is 5.92 Å². The van der Waals surface area contributed by atoms with Crippen LogP contribution in [0.5, 0.6) is 0 Å². The van der Waals surface area contributed by atoms with Crippen molar-refractivity contribution in [2.24, 2.45) is 0 Å². The third-order valence-electron chi connectivity index (χ3n) is 4.79. The average molecular weight is 439 g/mol. The molecule has 0 N–H and O–H groups in total. The van der Waals surface area contributed by atoms with E-state index in [1.807, 2.05) is 0 Å². The van der Waals surface area contributed by atoms with Crippen LogP contribution in [0.4, 0.5) is 0 Å². The van der Waals surface area contributed by atoms with Gasteiger partial charge in [0.2, 0.25) is 0 Å². The Bertz CT molecular complexity index is 655. The summed E-state index contributed by atoms with van der Waals surface area (Å²) < 4.78 is 0. The zero-order chi connectivity index (χ0) is 13.4. The van der Waals surface area contributed by atoms with Gasteiger partial charge in [-0.15, -0.1) is 0 Å². The summed E-state index contributed by atoms with van der Waals surface area (Å²) in [5, 5.41) is 0. The minimum absolute atomic E-state index is 0. The SMILES string of the molecule is C1=CC(CCc2ccccc2)c2cc3c(cc21)CCC3.[Hf]. The second-order valence-corrected chi connectivity index (χ2v) is 6.09. The van der Waals surface area contributed by atoms with Gasteiger partial charge in [-0.2, -0.15) is 0 Å². The molecule has 2 aliphatic rings. The Balaban J connectivity index is 0.00000132. The van der Waals surface area contributed by atoms with Crippen LogP contribution in [0.25, 0.3) is 6.08 Å². The summed E-state index contributed by atoms with van der Waals surface area (Å²) in [6, 6.07) is 15.8. The van der Waals surface area contributed by atoms with Gasteiger partial charge in [-0.1, -0.05) is 54.6 Å². The molecule has 2 aromatic rings. The fourth-order valence-corrected chi connectivity index (χ4v) is 3.67. The molecule has 0 aliphatic heterocycles. The summed E-state index contributed by atoms with van der Waals surface area (Å²) in [6.07, 6.45) is 11.1. The predicted molar refractivity (Wildman–Crippen MR) is 85.0 cm³/mol. The van der Waals surface area contributed by atoms with E-state index in [1.54, 1.807) is 16.7 Å². The number of fused-ring (bicyclic) bond motifs is 2. The van der Waals surface area contributed by atoms with Crippen LogP contribution in [0.2, 0.25) is 0 Å². The molecule has 104 valence electrons. The van der Waals surface area contributed by atoms with Crippen molar-refractivity contribution in [1.82, 2.24) is 0 Å². The van der Waals surface area contributed by atoms with E-state index in [9.17, 15) is 0 Å². The normalized spacial score (nSPS) is 18.2. The Hall–Kier alpha value is -0.950. The molecular weight excluding hydrogens is 419 g/mol. The summed E-state index contributed by atoms with van der Waals surface area (Å²) in [5.41, 5.74) is 7.70. The summed E-state index contributed by atoms with van der Waals surface area (Å²) in [5.74, 6) is 0.621. The van der Waals surface area contributed by atoms with Crippen molar-refractivity contribution in [2.45, 2.75) is 38.0 Å². The van der Waals surface area contributed by atoms with Gasteiger partial charge in [-0.3, -0.25) is 0 Å². The first-order valence-corrected chi connectivity index (χ1v) is 7.78. The average Bonchev–Trinajstić information content (AvgIpc) is 3.10. The summed E-state index contributed by atoms with van der Waals surface area (Å²) in [7, 11) is 0. The summed E-state index contributed by atoms with van der Waals surface area (Å²) in [6.45, 7) is 0. The molecule has 2 aromatic carbocycles. The van der Waals surface area contributed by atoms with Gasteiger partial charge in [0.05, 0.1) is 0 Å². The van der Waals surface area contributed by atoms with E-state index >= 15 is 0 Å². The number of hydrogen-bond donors (Lipinski definition) is 0. The maximum Gasteiger partial charge on any atom is 0.00305 e. The summed E-state index contributed by atoms with van der Waals surface area (Å²) >= 11 is 0.